The van der Waals surface area contributed by atoms with Gasteiger partial charge in [0.15, 0.2) is 0 Å². The number of amides is 1. The molecule has 2 aromatic heterocycles. The van der Waals surface area contributed by atoms with Crippen molar-refractivity contribution in [3.8, 4) is 22.4 Å². The molecule has 0 aliphatic heterocycles. The van der Waals surface area contributed by atoms with Crippen LogP contribution in [0.2, 0.25) is 0 Å². The van der Waals surface area contributed by atoms with Crippen LogP contribution in [0.1, 0.15) is 35.4 Å². The molecule has 1 aliphatic rings. The summed E-state index contributed by atoms with van der Waals surface area (Å²) in [6.45, 7) is 0. The number of fused-ring (bicyclic) bond motifs is 1. The molecule has 0 atom stereocenters. The minimum absolute atomic E-state index is 0.0583. The van der Waals surface area contributed by atoms with E-state index >= 15 is 0 Å². The molecule has 0 unspecified atom stereocenters. The van der Waals surface area contributed by atoms with E-state index in [1.807, 2.05) is 66.9 Å². The number of carbonyl (C=O) groups is 1. The summed E-state index contributed by atoms with van der Waals surface area (Å²) in [6.07, 6.45) is 5.07. The molecule has 1 saturated carbocycles. The highest BCUT2D eigenvalue weighted by Gasteiger charge is 2.34. The first-order chi connectivity index (χ1) is 17.1. The molecular formula is C28H24N6O. The van der Waals surface area contributed by atoms with Gasteiger partial charge in [-0.3, -0.25) is 4.79 Å². The van der Waals surface area contributed by atoms with Gasteiger partial charge in [-0.1, -0.05) is 72.8 Å². The molecular weight excluding hydrogens is 436 g/mol. The molecule has 6 rings (SSSR count). The van der Waals surface area contributed by atoms with Gasteiger partial charge in [0.2, 0.25) is 5.82 Å². The van der Waals surface area contributed by atoms with Crippen molar-refractivity contribution in [3.63, 3.8) is 0 Å². The highest BCUT2D eigenvalue weighted by molar-refractivity contribution is 6.01. The van der Waals surface area contributed by atoms with Gasteiger partial charge in [0.1, 0.15) is 0 Å². The number of carbonyl (C=O) groups excluding carboxylic acids is 1. The smallest absolute Gasteiger partial charge is 0.295 e. The number of rotatable bonds is 5. The second kappa shape index (κ2) is 8.45. The Morgan fingerprint density at radius 1 is 0.857 bits per heavy atom. The number of nitrogens with one attached hydrogen (secondary N) is 1. The summed E-state index contributed by atoms with van der Waals surface area (Å²) in [7, 11) is 0. The van der Waals surface area contributed by atoms with E-state index in [-0.39, 0.29) is 17.3 Å². The van der Waals surface area contributed by atoms with Crippen molar-refractivity contribution >= 4 is 17.4 Å². The van der Waals surface area contributed by atoms with Crippen LogP contribution in [0.4, 0.5) is 5.69 Å². The SMILES string of the molecule is NC1(c2ccc(-c3nc4nc(C(=O)Nc5ccccc5)nn4cc3-c3ccccc3)cc2)CCC1. The van der Waals surface area contributed by atoms with Gasteiger partial charge in [0, 0.05) is 28.6 Å². The largest absolute Gasteiger partial charge is 0.321 e. The molecule has 1 amide bonds. The topological polar surface area (TPSA) is 98.2 Å². The zero-order valence-corrected chi connectivity index (χ0v) is 19.1. The molecule has 172 valence electrons. The number of hydrogen-bond acceptors (Lipinski definition) is 5. The third-order valence-corrected chi connectivity index (χ3v) is 6.63. The van der Waals surface area contributed by atoms with Gasteiger partial charge < -0.3 is 11.1 Å². The van der Waals surface area contributed by atoms with Crippen molar-refractivity contribution in [1.82, 2.24) is 19.6 Å². The van der Waals surface area contributed by atoms with Crippen LogP contribution in [0.5, 0.6) is 0 Å². The highest BCUT2D eigenvalue weighted by atomic mass is 16.2. The van der Waals surface area contributed by atoms with E-state index in [0.717, 1.165) is 40.8 Å². The molecule has 5 aromatic rings. The second-order valence-electron chi connectivity index (χ2n) is 8.96. The van der Waals surface area contributed by atoms with E-state index in [1.54, 1.807) is 4.52 Å². The van der Waals surface area contributed by atoms with Crippen LogP contribution in [0, 0.1) is 0 Å². The van der Waals surface area contributed by atoms with Gasteiger partial charge in [-0.15, -0.1) is 5.10 Å². The Bertz CT molecular complexity index is 1510. The lowest BCUT2D eigenvalue weighted by molar-refractivity contribution is 0.101. The van der Waals surface area contributed by atoms with Gasteiger partial charge in [-0.2, -0.15) is 4.98 Å². The number of hydrogen-bond donors (Lipinski definition) is 2. The van der Waals surface area contributed by atoms with E-state index in [0.29, 0.717) is 11.5 Å². The molecule has 0 radical (unpaired) electrons. The van der Waals surface area contributed by atoms with Gasteiger partial charge in [-0.25, -0.2) is 9.50 Å². The van der Waals surface area contributed by atoms with E-state index in [2.05, 4.69) is 39.7 Å². The zero-order chi connectivity index (χ0) is 23.8. The van der Waals surface area contributed by atoms with Crippen molar-refractivity contribution < 1.29 is 4.79 Å². The number of nitrogens with zero attached hydrogens (tertiary/aromatic N) is 4. The minimum atomic E-state index is -0.386. The second-order valence-corrected chi connectivity index (χ2v) is 8.96. The van der Waals surface area contributed by atoms with Crippen molar-refractivity contribution in [3.05, 3.63) is 103 Å². The van der Waals surface area contributed by atoms with Crippen LogP contribution in [0.3, 0.4) is 0 Å². The molecule has 0 spiro atoms. The Kier molecular flexibility index (Phi) is 5.12. The molecule has 7 heteroatoms. The van der Waals surface area contributed by atoms with E-state index in [1.165, 1.54) is 6.42 Å². The fourth-order valence-electron chi connectivity index (χ4n) is 4.48. The summed E-state index contributed by atoms with van der Waals surface area (Å²) >= 11 is 0. The predicted molar refractivity (Wildman–Crippen MR) is 136 cm³/mol. The van der Waals surface area contributed by atoms with E-state index in [4.69, 9.17) is 10.7 Å². The van der Waals surface area contributed by atoms with Crippen LogP contribution in [0.15, 0.2) is 91.1 Å². The lowest BCUT2D eigenvalue weighted by Gasteiger charge is -2.38. The number of aromatic nitrogens is 4. The van der Waals surface area contributed by atoms with Crippen molar-refractivity contribution in [2.24, 2.45) is 5.73 Å². The van der Waals surface area contributed by atoms with Crippen molar-refractivity contribution in [1.29, 1.82) is 0 Å². The first kappa shape index (κ1) is 21.2. The van der Waals surface area contributed by atoms with Crippen LogP contribution in [-0.2, 0) is 5.54 Å². The average Bonchev–Trinajstić information content (AvgIpc) is 3.31. The molecule has 2 heterocycles. The summed E-state index contributed by atoms with van der Waals surface area (Å²) in [5, 5.41) is 7.24. The summed E-state index contributed by atoms with van der Waals surface area (Å²) in [6, 6.07) is 27.6. The molecule has 1 aliphatic carbocycles. The standard InChI is InChI=1S/C28H24N6O/c29-28(16-7-17-28)21-14-12-20(13-15-21)24-23(19-8-3-1-4-9-19)18-34-27(31-24)32-25(33-34)26(35)30-22-10-5-2-6-11-22/h1-6,8-15,18H,7,16-17,29H2,(H,30,35). The number of para-hydroxylation sites is 1. The quantitative estimate of drug-likeness (QED) is 0.383. The Morgan fingerprint density at radius 2 is 1.54 bits per heavy atom. The van der Waals surface area contributed by atoms with Gasteiger partial charge in [-0.05, 0) is 42.5 Å². The molecule has 0 saturated heterocycles. The highest BCUT2D eigenvalue weighted by Crippen LogP contribution is 2.39. The monoisotopic (exact) mass is 460 g/mol. The maximum atomic E-state index is 12.8. The van der Waals surface area contributed by atoms with Crippen LogP contribution in [-0.4, -0.2) is 25.5 Å². The van der Waals surface area contributed by atoms with Crippen molar-refractivity contribution in [2.45, 2.75) is 24.8 Å². The Labute approximate surface area is 202 Å². The fraction of sp³-hybridized carbons (Fsp3) is 0.143. The first-order valence-electron chi connectivity index (χ1n) is 11.7. The summed E-state index contributed by atoms with van der Waals surface area (Å²) in [4.78, 5) is 22.0. The van der Waals surface area contributed by atoms with Crippen LogP contribution >= 0.6 is 0 Å². The Hall–Kier alpha value is -4.36. The predicted octanol–water partition coefficient (Wildman–Crippen LogP) is 5.05. The molecule has 7 nitrogen and oxygen atoms in total. The van der Waals surface area contributed by atoms with Gasteiger partial charge in [0.25, 0.3) is 11.7 Å². The fourth-order valence-corrected chi connectivity index (χ4v) is 4.48. The lowest BCUT2D eigenvalue weighted by Crippen LogP contribution is -2.43. The molecule has 3 aromatic carbocycles. The number of nitrogens with two attached hydrogens (primary N) is 1. The molecule has 1 fully saturated rings. The maximum Gasteiger partial charge on any atom is 0.295 e. The normalized spacial score (nSPS) is 14.4. The Morgan fingerprint density at radius 3 is 2.20 bits per heavy atom. The number of anilines is 1. The third-order valence-electron chi connectivity index (χ3n) is 6.63. The van der Waals surface area contributed by atoms with Crippen LogP contribution in [0.25, 0.3) is 28.2 Å². The Balaban J connectivity index is 1.42. The minimum Gasteiger partial charge on any atom is -0.321 e. The first-order valence-corrected chi connectivity index (χ1v) is 11.7. The molecule has 35 heavy (non-hydrogen) atoms. The number of benzene rings is 3. The summed E-state index contributed by atoms with van der Waals surface area (Å²) in [5.74, 6) is 0.0294. The van der Waals surface area contributed by atoms with E-state index in [9.17, 15) is 4.79 Å². The zero-order valence-electron chi connectivity index (χ0n) is 19.1. The molecule has 0 bridgehead atoms. The van der Waals surface area contributed by atoms with Crippen molar-refractivity contribution in [2.75, 3.05) is 5.32 Å². The van der Waals surface area contributed by atoms with E-state index < -0.39 is 0 Å². The maximum absolute atomic E-state index is 12.8. The lowest BCUT2D eigenvalue weighted by atomic mass is 9.72. The third kappa shape index (κ3) is 3.96. The molecule has 3 N–H and O–H groups in total. The summed E-state index contributed by atoms with van der Waals surface area (Å²) in [5.41, 5.74) is 11.8. The summed E-state index contributed by atoms with van der Waals surface area (Å²) < 4.78 is 1.56. The van der Waals surface area contributed by atoms with Gasteiger partial charge in [0.05, 0.1) is 5.69 Å². The van der Waals surface area contributed by atoms with Crippen LogP contribution < -0.4 is 11.1 Å². The van der Waals surface area contributed by atoms with Gasteiger partial charge >= 0.3 is 0 Å². The average molecular weight is 461 g/mol.